The average Bonchev–Trinajstić information content (AvgIpc) is 3.04. The highest BCUT2D eigenvalue weighted by atomic mass is 16.5. The number of rotatable bonds is 9. The fourth-order valence-corrected chi connectivity index (χ4v) is 3.08. The van der Waals surface area contributed by atoms with Gasteiger partial charge in [-0.1, -0.05) is 43.7 Å². The first kappa shape index (κ1) is 19.9. The number of benzene rings is 2. The van der Waals surface area contributed by atoms with E-state index in [9.17, 15) is 4.79 Å². The van der Waals surface area contributed by atoms with Crippen LogP contribution in [-0.2, 0) is 17.9 Å². The highest BCUT2D eigenvalue weighted by Gasteiger charge is 2.12. The van der Waals surface area contributed by atoms with Gasteiger partial charge in [0, 0.05) is 12.5 Å². The Balaban J connectivity index is 1.58. The van der Waals surface area contributed by atoms with Gasteiger partial charge in [0.05, 0.1) is 24.2 Å². The molecule has 28 heavy (non-hydrogen) atoms. The van der Waals surface area contributed by atoms with Crippen LogP contribution in [0.3, 0.4) is 0 Å². The first-order chi connectivity index (χ1) is 13.5. The number of ether oxygens (including phenoxy) is 1. The fourth-order valence-electron chi connectivity index (χ4n) is 3.08. The van der Waals surface area contributed by atoms with Gasteiger partial charge in [0.2, 0.25) is 5.91 Å². The number of unbranched alkanes of at least 4 members (excludes halogenated alkanes) is 1. The van der Waals surface area contributed by atoms with Crippen LogP contribution in [0, 0.1) is 12.8 Å². The molecule has 5 nitrogen and oxygen atoms in total. The molecule has 1 amide bonds. The molecule has 0 bridgehead atoms. The van der Waals surface area contributed by atoms with Gasteiger partial charge in [0.15, 0.2) is 0 Å². The molecule has 0 spiro atoms. The third-order valence-electron chi connectivity index (χ3n) is 4.74. The molecule has 3 rings (SSSR count). The molecule has 0 aliphatic rings. The Morgan fingerprint density at radius 3 is 2.61 bits per heavy atom. The Kier molecular flexibility index (Phi) is 6.69. The van der Waals surface area contributed by atoms with Crippen molar-refractivity contribution in [1.29, 1.82) is 0 Å². The lowest BCUT2D eigenvalue weighted by Gasteiger charge is -2.12. The smallest absolute Gasteiger partial charge is 0.222 e. The van der Waals surface area contributed by atoms with Crippen LogP contribution in [0.15, 0.2) is 48.5 Å². The van der Waals surface area contributed by atoms with E-state index < -0.39 is 0 Å². The number of fused-ring (bicyclic) bond motifs is 1. The zero-order chi connectivity index (χ0) is 19.9. The van der Waals surface area contributed by atoms with E-state index in [1.54, 1.807) is 0 Å². The molecule has 0 unspecified atom stereocenters. The summed E-state index contributed by atoms with van der Waals surface area (Å²) in [6.07, 6.45) is 1.94. The second kappa shape index (κ2) is 9.40. The van der Waals surface area contributed by atoms with Crippen LogP contribution in [-0.4, -0.2) is 22.1 Å². The molecule has 0 aliphatic carbocycles. The number of aromatic nitrogens is 2. The topological polar surface area (TPSA) is 56.1 Å². The molecular formula is C23H29N3O2. The maximum atomic E-state index is 11.9. The van der Waals surface area contributed by atoms with Gasteiger partial charge in [-0.25, -0.2) is 4.98 Å². The molecule has 0 saturated carbocycles. The van der Waals surface area contributed by atoms with Crippen molar-refractivity contribution < 1.29 is 9.53 Å². The van der Waals surface area contributed by atoms with Crippen LogP contribution in [0.5, 0.6) is 5.75 Å². The molecule has 3 aromatic rings. The van der Waals surface area contributed by atoms with Gasteiger partial charge in [0.25, 0.3) is 0 Å². The number of para-hydroxylation sites is 2. The van der Waals surface area contributed by atoms with Gasteiger partial charge in [-0.3, -0.25) is 4.79 Å². The lowest BCUT2D eigenvalue weighted by atomic mass is 10.2. The van der Waals surface area contributed by atoms with Crippen LogP contribution in [0.2, 0.25) is 0 Å². The van der Waals surface area contributed by atoms with Gasteiger partial charge in [0.1, 0.15) is 11.6 Å². The Morgan fingerprint density at radius 1 is 1.11 bits per heavy atom. The number of nitrogens with zero attached hydrogens (tertiary/aromatic N) is 2. The van der Waals surface area contributed by atoms with Gasteiger partial charge >= 0.3 is 0 Å². The lowest BCUT2D eigenvalue weighted by Crippen LogP contribution is -2.28. The Bertz CT molecular complexity index is 913. The molecule has 0 aliphatic heterocycles. The molecular weight excluding hydrogens is 350 g/mol. The minimum absolute atomic E-state index is 0.0308. The number of hydrogen-bond donors (Lipinski definition) is 1. The Morgan fingerprint density at radius 2 is 1.86 bits per heavy atom. The van der Waals surface area contributed by atoms with Crippen molar-refractivity contribution >= 4 is 16.9 Å². The van der Waals surface area contributed by atoms with Crippen LogP contribution < -0.4 is 10.1 Å². The van der Waals surface area contributed by atoms with Crippen molar-refractivity contribution in [2.24, 2.45) is 5.92 Å². The number of carbonyl (C=O) groups excluding carboxylic acids is 1. The predicted molar refractivity (Wildman–Crippen MR) is 112 cm³/mol. The normalized spacial score (nSPS) is 11.1. The third-order valence-corrected chi connectivity index (χ3v) is 4.74. The zero-order valence-electron chi connectivity index (χ0n) is 16.9. The summed E-state index contributed by atoms with van der Waals surface area (Å²) in [7, 11) is 0. The number of hydrogen-bond acceptors (Lipinski definition) is 3. The van der Waals surface area contributed by atoms with E-state index in [-0.39, 0.29) is 11.8 Å². The van der Waals surface area contributed by atoms with E-state index in [4.69, 9.17) is 9.72 Å². The van der Waals surface area contributed by atoms with E-state index in [2.05, 4.69) is 35.0 Å². The minimum Gasteiger partial charge on any atom is -0.494 e. The third kappa shape index (κ3) is 5.12. The van der Waals surface area contributed by atoms with Crippen molar-refractivity contribution in [3.63, 3.8) is 0 Å². The maximum Gasteiger partial charge on any atom is 0.222 e. The summed E-state index contributed by atoms with van der Waals surface area (Å²) in [5.74, 6) is 1.83. The number of nitrogens with one attached hydrogen (secondary N) is 1. The quantitative estimate of drug-likeness (QED) is 0.558. The Labute approximate surface area is 166 Å². The second-order valence-corrected chi connectivity index (χ2v) is 7.41. The largest absolute Gasteiger partial charge is 0.494 e. The predicted octanol–water partition coefficient (Wildman–Crippen LogP) is 4.48. The summed E-state index contributed by atoms with van der Waals surface area (Å²) in [5.41, 5.74) is 3.30. The summed E-state index contributed by atoms with van der Waals surface area (Å²) in [6.45, 7) is 7.85. The standard InChI is InChI=1S/C23H29N3O2/c1-17(2)23(27)24-16-22-25-20-8-4-5-9-21(20)26(22)14-6-7-15-28-19-12-10-18(3)11-13-19/h4-5,8-13,17H,6-7,14-16H2,1-3H3,(H,24,27). The fraction of sp³-hybridized carbons (Fsp3) is 0.391. The molecule has 1 aromatic heterocycles. The first-order valence-electron chi connectivity index (χ1n) is 9.96. The highest BCUT2D eigenvalue weighted by molar-refractivity contribution is 5.78. The second-order valence-electron chi connectivity index (χ2n) is 7.41. The van der Waals surface area contributed by atoms with Gasteiger partial charge in [-0.15, -0.1) is 0 Å². The molecule has 5 heteroatoms. The molecule has 1 heterocycles. The minimum atomic E-state index is -0.0308. The monoisotopic (exact) mass is 379 g/mol. The number of amides is 1. The zero-order valence-corrected chi connectivity index (χ0v) is 16.9. The van der Waals surface area contributed by atoms with E-state index in [0.29, 0.717) is 13.2 Å². The number of aryl methyl sites for hydroxylation is 2. The SMILES string of the molecule is Cc1ccc(OCCCCn2c(CNC(=O)C(C)C)nc3ccccc32)cc1. The highest BCUT2D eigenvalue weighted by Crippen LogP contribution is 2.17. The molecule has 0 atom stereocenters. The number of imidazole rings is 1. The summed E-state index contributed by atoms with van der Waals surface area (Å²) in [5, 5.41) is 2.98. The summed E-state index contributed by atoms with van der Waals surface area (Å²) in [4.78, 5) is 16.6. The molecule has 148 valence electrons. The number of carbonyl (C=O) groups is 1. The summed E-state index contributed by atoms with van der Waals surface area (Å²) < 4.78 is 8.03. The maximum absolute atomic E-state index is 11.9. The van der Waals surface area contributed by atoms with Crippen LogP contribution >= 0.6 is 0 Å². The summed E-state index contributed by atoms with van der Waals surface area (Å²) >= 11 is 0. The summed E-state index contributed by atoms with van der Waals surface area (Å²) in [6, 6.07) is 16.2. The van der Waals surface area contributed by atoms with E-state index in [1.807, 2.05) is 44.2 Å². The van der Waals surface area contributed by atoms with E-state index in [0.717, 1.165) is 42.0 Å². The van der Waals surface area contributed by atoms with E-state index >= 15 is 0 Å². The van der Waals surface area contributed by atoms with Gasteiger partial charge in [-0.05, 0) is 44.0 Å². The van der Waals surface area contributed by atoms with Crippen LogP contribution in [0.4, 0.5) is 0 Å². The van der Waals surface area contributed by atoms with Crippen molar-refractivity contribution in [3.8, 4) is 5.75 Å². The van der Waals surface area contributed by atoms with Crippen molar-refractivity contribution in [2.75, 3.05) is 6.61 Å². The van der Waals surface area contributed by atoms with Crippen LogP contribution in [0.1, 0.15) is 38.1 Å². The Hall–Kier alpha value is -2.82. The van der Waals surface area contributed by atoms with Crippen molar-refractivity contribution in [2.45, 2.75) is 46.7 Å². The lowest BCUT2D eigenvalue weighted by molar-refractivity contribution is -0.124. The van der Waals surface area contributed by atoms with Gasteiger partial charge < -0.3 is 14.6 Å². The molecule has 0 fully saturated rings. The first-order valence-corrected chi connectivity index (χ1v) is 9.96. The van der Waals surface area contributed by atoms with Crippen molar-refractivity contribution in [1.82, 2.24) is 14.9 Å². The molecule has 2 aromatic carbocycles. The van der Waals surface area contributed by atoms with E-state index in [1.165, 1.54) is 5.56 Å². The average molecular weight is 380 g/mol. The van der Waals surface area contributed by atoms with Gasteiger partial charge in [-0.2, -0.15) is 0 Å². The van der Waals surface area contributed by atoms with Crippen LogP contribution in [0.25, 0.3) is 11.0 Å². The molecule has 0 radical (unpaired) electrons. The molecule has 0 saturated heterocycles. The molecule has 1 N–H and O–H groups in total. The van der Waals surface area contributed by atoms with Crippen molar-refractivity contribution in [3.05, 3.63) is 59.9 Å².